The first-order chi connectivity index (χ1) is 8.74. The number of anilines is 1. The minimum Gasteiger partial charge on any atom is -0.399 e. The minimum absolute atomic E-state index is 0.641. The fourth-order valence-corrected chi connectivity index (χ4v) is 3.23. The van der Waals surface area contributed by atoms with E-state index in [0.29, 0.717) is 6.04 Å². The number of ether oxygens (including phenoxy) is 1. The minimum atomic E-state index is 0.641. The lowest BCUT2D eigenvalue weighted by atomic mass is 9.92. The number of nitrogens with zero attached hydrogens (tertiary/aromatic N) is 1. The van der Waals surface area contributed by atoms with Gasteiger partial charge in [-0.3, -0.25) is 4.90 Å². The van der Waals surface area contributed by atoms with Crippen molar-refractivity contribution in [2.24, 2.45) is 5.92 Å². The number of rotatable bonds is 2. The lowest BCUT2D eigenvalue weighted by molar-refractivity contribution is 0.0291. The summed E-state index contributed by atoms with van der Waals surface area (Å²) in [7, 11) is 0. The van der Waals surface area contributed by atoms with Crippen LogP contribution in [0.15, 0.2) is 18.2 Å². The van der Waals surface area contributed by atoms with E-state index in [2.05, 4.69) is 24.0 Å². The van der Waals surface area contributed by atoms with E-state index in [0.717, 1.165) is 37.9 Å². The van der Waals surface area contributed by atoms with Gasteiger partial charge in [0.1, 0.15) is 0 Å². The fourth-order valence-electron chi connectivity index (χ4n) is 3.23. The summed E-state index contributed by atoms with van der Waals surface area (Å²) in [6.07, 6.45) is 2.41. The number of nitrogens with two attached hydrogens (primary N) is 1. The van der Waals surface area contributed by atoms with Crippen molar-refractivity contribution in [2.75, 3.05) is 18.9 Å². The van der Waals surface area contributed by atoms with Gasteiger partial charge in [0.25, 0.3) is 0 Å². The Balaban J connectivity index is 1.69. The highest BCUT2D eigenvalue weighted by atomic mass is 16.5. The van der Waals surface area contributed by atoms with Crippen LogP contribution in [0.1, 0.15) is 30.9 Å². The molecule has 18 heavy (non-hydrogen) atoms. The largest absolute Gasteiger partial charge is 0.399 e. The lowest BCUT2D eigenvalue weighted by Crippen LogP contribution is -2.37. The molecular formula is C15H22N2O. The maximum absolute atomic E-state index is 5.86. The summed E-state index contributed by atoms with van der Waals surface area (Å²) < 4.78 is 5.46. The Labute approximate surface area is 109 Å². The van der Waals surface area contributed by atoms with Crippen LogP contribution in [-0.4, -0.2) is 24.2 Å². The molecular weight excluding hydrogens is 224 g/mol. The summed E-state index contributed by atoms with van der Waals surface area (Å²) in [6, 6.07) is 6.97. The summed E-state index contributed by atoms with van der Waals surface area (Å²) in [5.74, 6) is 0.783. The molecule has 2 aliphatic rings. The molecule has 1 atom stereocenters. The second kappa shape index (κ2) is 4.90. The molecule has 3 heteroatoms. The summed E-state index contributed by atoms with van der Waals surface area (Å²) >= 11 is 0. The first kappa shape index (κ1) is 12.0. The molecule has 1 fully saturated rings. The predicted octanol–water partition coefficient (Wildman–Crippen LogP) is 2.40. The molecule has 0 aromatic heterocycles. The topological polar surface area (TPSA) is 38.5 Å². The average Bonchev–Trinajstić information content (AvgIpc) is 2.81. The number of hydrogen-bond acceptors (Lipinski definition) is 3. The van der Waals surface area contributed by atoms with E-state index in [1.54, 1.807) is 0 Å². The van der Waals surface area contributed by atoms with Crippen molar-refractivity contribution in [1.82, 2.24) is 4.90 Å². The van der Waals surface area contributed by atoms with E-state index in [4.69, 9.17) is 10.5 Å². The van der Waals surface area contributed by atoms with Crippen LogP contribution in [0, 0.1) is 5.92 Å². The highest BCUT2D eigenvalue weighted by molar-refractivity contribution is 5.46. The number of hydrogen-bond donors (Lipinski definition) is 1. The second-order valence-corrected chi connectivity index (χ2v) is 5.62. The molecule has 1 unspecified atom stereocenters. The molecule has 0 bridgehead atoms. The Morgan fingerprint density at radius 1 is 1.22 bits per heavy atom. The standard InChI is InChI=1S/C15H22N2O/c1-11(12-4-6-18-7-5-12)17-9-13-2-3-15(16)8-14(13)10-17/h2-3,8,11-12H,4-7,9-10,16H2,1H3. The van der Waals surface area contributed by atoms with Crippen molar-refractivity contribution in [3.63, 3.8) is 0 Å². The maximum atomic E-state index is 5.86. The van der Waals surface area contributed by atoms with Gasteiger partial charge in [-0.25, -0.2) is 0 Å². The predicted molar refractivity (Wildman–Crippen MR) is 73.1 cm³/mol. The normalized spacial score (nSPS) is 22.9. The van der Waals surface area contributed by atoms with Gasteiger partial charge >= 0.3 is 0 Å². The first-order valence-corrected chi connectivity index (χ1v) is 6.93. The number of nitrogen functional groups attached to an aromatic ring is 1. The second-order valence-electron chi connectivity index (χ2n) is 5.62. The summed E-state index contributed by atoms with van der Waals surface area (Å²) in [5.41, 5.74) is 9.60. The molecule has 2 N–H and O–H groups in total. The van der Waals surface area contributed by atoms with Gasteiger partial charge in [0.2, 0.25) is 0 Å². The lowest BCUT2D eigenvalue weighted by Gasteiger charge is -2.34. The van der Waals surface area contributed by atoms with Gasteiger partial charge in [-0.2, -0.15) is 0 Å². The van der Waals surface area contributed by atoms with Crippen LogP contribution in [-0.2, 0) is 17.8 Å². The Kier molecular flexibility index (Phi) is 3.27. The zero-order valence-corrected chi connectivity index (χ0v) is 11.1. The molecule has 98 valence electrons. The van der Waals surface area contributed by atoms with Crippen LogP contribution < -0.4 is 5.73 Å². The molecule has 0 aliphatic carbocycles. The van der Waals surface area contributed by atoms with Gasteiger partial charge in [0.05, 0.1) is 0 Å². The first-order valence-electron chi connectivity index (χ1n) is 6.93. The Morgan fingerprint density at radius 3 is 2.72 bits per heavy atom. The molecule has 3 nitrogen and oxygen atoms in total. The third-order valence-corrected chi connectivity index (χ3v) is 4.50. The monoisotopic (exact) mass is 246 g/mol. The number of benzene rings is 1. The SMILES string of the molecule is CC(C1CCOCC1)N1Cc2ccc(N)cc2C1. The molecule has 1 aromatic rings. The van der Waals surface area contributed by atoms with Crippen molar-refractivity contribution in [2.45, 2.75) is 38.9 Å². The van der Waals surface area contributed by atoms with Crippen molar-refractivity contribution in [3.05, 3.63) is 29.3 Å². The fraction of sp³-hybridized carbons (Fsp3) is 0.600. The maximum Gasteiger partial charge on any atom is 0.0469 e. The van der Waals surface area contributed by atoms with E-state index >= 15 is 0 Å². The molecule has 1 saturated heterocycles. The Hall–Kier alpha value is -1.06. The van der Waals surface area contributed by atoms with Gasteiger partial charge < -0.3 is 10.5 Å². The van der Waals surface area contributed by atoms with Gasteiger partial charge in [0, 0.05) is 38.0 Å². The van der Waals surface area contributed by atoms with Gasteiger partial charge in [0.15, 0.2) is 0 Å². The van der Waals surface area contributed by atoms with Crippen LogP contribution in [0.25, 0.3) is 0 Å². The summed E-state index contributed by atoms with van der Waals surface area (Å²) in [4.78, 5) is 2.58. The molecule has 1 aromatic carbocycles. The molecule has 2 aliphatic heterocycles. The van der Waals surface area contributed by atoms with Crippen molar-refractivity contribution >= 4 is 5.69 Å². The molecule has 3 rings (SSSR count). The highest BCUT2D eigenvalue weighted by Gasteiger charge is 2.29. The zero-order valence-electron chi connectivity index (χ0n) is 11.1. The van der Waals surface area contributed by atoms with E-state index in [1.807, 2.05) is 6.07 Å². The quantitative estimate of drug-likeness (QED) is 0.814. The summed E-state index contributed by atoms with van der Waals surface area (Å²) in [5, 5.41) is 0. The van der Waals surface area contributed by atoms with Crippen LogP contribution in [0.2, 0.25) is 0 Å². The van der Waals surface area contributed by atoms with Crippen LogP contribution in [0.4, 0.5) is 5.69 Å². The third-order valence-electron chi connectivity index (χ3n) is 4.50. The smallest absolute Gasteiger partial charge is 0.0469 e. The summed E-state index contributed by atoms with van der Waals surface area (Å²) in [6.45, 7) is 6.36. The van der Waals surface area contributed by atoms with Crippen molar-refractivity contribution < 1.29 is 4.74 Å². The van der Waals surface area contributed by atoms with Gasteiger partial charge in [-0.05, 0) is 48.9 Å². The molecule has 0 radical (unpaired) electrons. The zero-order chi connectivity index (χ0) is 12.5. The van der Waals surface area contributed by atoms with Gasteiger partial charge in [-0.1, -0.05) is 6.07 Å². The number of fused-ring (bicyclic) bond motifs is 1. The average molecular weight is 246 g/mol. The van der Waals surface area contributed by atoms with Crippen LogP contribution in [0.3, 0.4) is 0 Å². The van der Waals surface area contributed by atoms with Crippen LogP contribution in [0.5, 0.6) is 0 Å². The molecule has 0 amide bonds. The van der Waals surface area contributed by atoms with E-state index in [9.17, 15) is 0 Å². The van der Waals surface area contributed by atoms with Crippen molar-refractivity contribution in [1.29, 1.82) is 0 Å². The molecule has 0 spiro atoms. The Bertz CT molecular complexity index is 427. The molecule has 2 heterocycles. The van der Waals surface area contributed by atoms with Crippen molar-refractivity contribution in [3.8, 4) is 0 Å². The van der Waals surface area contributed by atoms with E-state index in [1.165, 1.54) is 24.0 Å². The van der Waals surface area contributed by atoms with Crippen LogP contribution >= 0.6 is 0 Å². The molecule has 0 saturated carbocycles. The van der Waals surface area contributed by atoms with E-state index < -0.39 is 0 Å². The van der Waals surface area contributed by atoms with Gasteiger partial charge in [-0.15, -0.1) is 0 Å². The third kappa shape index (κ3) is 2.25. The Morgan fingerprint density at radius 2 is 1.94 bits per heavy atom. The van der Waals surface area contributed by atoms with E-state index in [-0.39, 0.29) is 0 Å². The highest BCUT2D eigenvalue weighted by Crippen LogP contribution is 2.31.